The molecule has 133 heavy (non-hydrogen) atoms. The highest BCUT2D eigenvalue weighted by Crippen LogP contribution is 2.63. The summed E-state index contributed by atoms with van der Waals surface area (Å²) in [5.41, 5.74) is -1.49. The first kappa shape index (κ1) is 123. The van der Waals surface area contributed by atoms with Gasteiger partial charge >= 0.3 is 89.5 Å². The molecular weight excluding hydrogens is 1730 g/mol. The second-order valence-electron chi connectivity index (χ2n) is 38.9. The van der Waals surface area contributed by atoms with Gasteiger partial charge in [0.15, 0.2) is 24.4 Å². The molecule has 10 heterocycles. The largest absolute Gasteiger partial charge is 0.469 e. The Hall–Kier alpha value is -8.03. The van der Waals surface area contributed by atoms with Crippen LogP contribution in [0, 0.1) is 158 Å². The summed E-state index contributed by atoms with van der Waals surface area (Å²) >= 11 is 0. The maximum atomic E-state index is 12.3. The molecule has 37 unspecified atom stereocenters. The smallest absolute Gasteiger partial charge is 0.313 e. The number of rotatable bonds is 21. The summed E-state index contributed by atoms with van der Waals surface area (Å²) in [6.07, 6.45) is 3.69. The van der Waals surface area contributed by atoms with Crippen molar-refractivity contribution >= 4 is 89.5 Å². The predicted octanol–water partition coefficient (Wildman–Crippen LogP) is 15.4. The van der Waals surface area contributed by atoms with Gasteiger partial charge in [-0.1, -0.05) is 158 Å². The first-order chi connectivity index (χ1) is 57.2. The van der Waals surface area contributed by atoms with E-state index in [0.29, 0.717) is 86.9 Å². The number of fused-ring (bicyclic) bond motifs is 18. The maximum Gasteiger partial charge on any atom is 0.313 e. The number of ether oxygens (including phenoxy) is 17. The van der Waals surface area contributed by atoms with E-state index in [0.717, 1.165) is 51.4 Å². The zero-order valence-electron chi connectivity index (χ0n) is 73.0. The molecule has 37 atom stereocenters. The number of hydrogen-bond donors (Lipinski definition) is 0. The average Bonchev–Trinajstić information content (AvgIpc) is 1.54. The second-order valence-corrected chi connectivity index (χ2v) is 38.9. The van der Waals surface area contributed by atoms with Gasteiger partial charge in [-0.05, 0) is 142 Å². The molecule has 32 nitrogen and oxygen atoms in total. The van der Waals surface area contributed by atoms with Crippen LogP contribution in [-0.4, -0.2) is 210 Å². The van der Waals surface area contributed by atoms with E-state index in [-0.39, 0.29) is 238 Å². The fourth-order valence-corrected chi connectivity index (χ4v) is 22.6. The Labute approximate surface area is 794 Å². The Morgan fingerprint density at radius 2 is 0.639 bits per heavy atom. The molecule has 0 amide bonds. The van der Waals surface area contributed by atoms with Gasteiger partial charge in [-0.3, -0.25) is 71.9 Å². The summed E-state index contributed by atoms with van der Waals surface area (Å²) in [5, 5.41) is 0. The predicted molar refractivity (Wildman–Crippen MR) is 493 cm³/mol. The Bertz CT molecular complexity index is 3950. The molecule has 0 spiro atoms. The lowest BCUT2D eigenvalue weighted by molar-refractivity contribution is -0.171. The maximum absolute atomic E-state index is 12.3. The molecule has 32 heteroatoms. The molecule has 18 fully saturated rings. The van der Waals surface area contributed by atoms with Crippen molar-refractivity contribution in [1.29, 1.82) is 0 Å². The molecule has 18 rings (SSSR count). The van der Waals surface area contributed by atoms with Crippen LogP contribution in [0.4, 0.5) is 0 Å². The summed E-state index contributed by atoms with van der Waals surface area (Å²) in [6.45, 7) is 32.1. The highest BCUT2D eigenvalue weighted by Gasteiger charge is 2.75. The van der Waals surface area contributed by atoms with Crippen LogP contribution in [0.15, 0.2) is 0 Å². The lowest BCUT2D eigenvalue weighted by Crippen LogP contribution is -2.49. The van der Waals surface area contributed by atoms with Gasteiger partial charge < -0.3 is 80.5 Å². The fourth-order valence-electron chi connectivity index (χ4n) is 22.6. The molecule has 8 aliphatic carbocycles. The van der Waals surface area contributed by atoms with Crippen molar-refractivity contribution in [2.45, 2.75) is 356 Å². The minimum Gasteiger partial charge on any atom is -0.469 e. The van der Waals surface area contributed by atoms with Crippen LogP contribution in [0.5, 0.6) is 0 Å². The van der Waals surface area contributed by atoms with Crippen LogP contribution in [0.2, 0.25) is 0 Å². The van der Waals surface area contributed by atoms with E-state index in [2.05, 4.69) is 6.92 Å². The highest BCUT2D eigenvalue weighted by atomic mass is 16.7. The fraction of sp³-hybridized carbons (Fsp3) is 0.851. The van der Waals surface area contributed by atoms with Gasteiger partial charge in [-0.2, -0.15) is 0 Å². The third-order valence-corrected chi connectivity index (χ3v) is 31.6. The molecular formula is C101H172O32. The Morgan fingerprint density at radius 3 is 1.03 bits per heavy atom. The van der Waals surface area contributed by atoms with Gasteiger partial charge in [-0.15, -0.1) is 0 Å². The average molecular weight is 1900 g/mol. The Morgan fingerprint density at radius 1 is 0.316 bits per heavy atom. The van der Waals surface area contributed by atoms with E-state index < -0.39 is 137 Å². The van der Waals surface area contributed by atoms with Crippen LogP contribution in [0.1, 0.15) is 277 Å². The van der Waals surface area contributed by atoms with Gasteiger partial charge in [-0.25, -0.2) is 0 Å². The first-order valence-electron chi connectivity index (χ1n) is 44.1. The van der Waals surface area contributed by atoms with E-state index in [4.69, 9.17) is 80.5 Å². The summed E-state index contributed by atoms with van der Waals surface area (Å²) in [4.78, 5) is 179. The number of carbonyl (C=O) groups is 15. The minimum atomic E-state index is -0.774. The molecule has 768 valence electrons. The first-order valence-corrected chi connectivity index (χ1v) is 44.1. The number of methoxy groups -OCH3 is 3. The van der Waals surface area contributed by atoms with Crippen LogP contribution in [0.25, 0.3) is 0 Å². The lowest BCUT2D eigenvalue weighted by Gasteiger charge is -2.35. The summed E-state index contributed by atoms with van der Waals surface area (Å²) in [6, 6.07) is 0. The molecule has 0 aromatic heterocycles. The van der Waals surface area contributed by atoms with Gasteiger partial charge in [0, 0.05) is 47.3 Å². The van der Waals surface area contributed by atoms with Crippen molar-refractivity contribution in [2.24, 2.45) is 158 Å². The van der Waals surface area contributed by atoms with Gasteiger partial charge in [0.25, 0.3) is 0 Å². The summed E-state index contributed by atoms with van der Waals surface area (Å²) in [5.74, 6) is -5.31. The van der Waals surface area contributed by atoms with E-state index in [1.807, 2.05) is 76.2 Å². The van der Waals surface area contributed by atoms with Crippen molar-refractivity contribution in [3.63, 3.8) is 0 Å². The summed E-state index contributed by atoms with van der Waals surface area (Å²) in [7, 11) is 3.83. The van der Waals surface area contributed by atoms with Gasteiger partial charge in [0.1, 0.15) is 78.6 Å². The SMILES string of the molecule is C.C.C.C.C.C.C.C.C.C.C.C.CCC(C)(C)C(=O)OC1C(C)C2CC1C1COC(=O)C21.CCC(C)(C)C(=O)OC1C2OC(=O)C3C2OC1C3C(=O)OC.CCC(C)(C)C(=O)OC1CC2CC1C1COC(=O)C21.CCC(C)C(=O)OC1C2CC3C1OC(=O)C3C2C(=O)OC.CCC(C)C(=O)OC1C2OC(=O)C3C2OC1C3C(=O)OC.CCC(C)C(=O)OC1CC2CC1C1COC(=O)C21. The zero-order valence-corrected chi connectivity index (χ0v) is 73.0. The van der Waals surface area contributed by atoms with Crippen LogP contribution in [0.3, 0.4) is 0 Å². The normalized spacial score (nSPS) is 37.2. The topological polar surface area (TPSA) is 413 Å². The standard InChI is InChI=1S/C16H24O4.C15H20O7.C15H20O6.C15H22O4.C14H18O7.C14H20O4.12CH4/c1-5-16(3,4)15(18)20-13-8(2)9-6-10(13)11-7-19-14(17)12(9)11;1-5-15(2,3)14(18)22-11-8-6(12(16)19-4)7-9(20-8)10(11)21-13(7)17;1-4-6(2)13(16)20-11-7-5-8-10(9(7)14(17)19-3)15(18)21-12(8)11;1-4-15(2,3)14(17)19-11-6-8-5-9(11)10-7-18-13(16)12(8)10;1-4-5(2)12(15)20-10-8-6(13(16)18-3)7-9(19-8)11(10)21-14(7)17;1-3-7(2)13(15)18-11-5-8-4-9(11)10-6-17-14(16)12(8)10;;;;;;;;;;;;/h8-13H,5-7H2,1-4H3;6-11H,5H2,1-4H3;6-12H,4-5H2,1-3H3;8-12H,4-7H2,1-3H3;5-11H,4H2,1-3H3;7-12H,3-6H2,1-2H3;12*1H4. The summed E-state index contributed by atoms with van der Waals surface area (Å²) < 4.78 is 90.9. The van der Waals surface area contributed by atoms with Crippen molar-refractivity contribution in [2.75, 3.05) is 41.2 Å². The van der Waals surface area contributed by atoms with Crippen molar-refractivity contribution in [3.05, 3.63) is 0 Å². The van der Waals surface area contributed by atoms with Gasteiger partial charge in [0.2, 0.25) is 0 Å². The third kappa shape index (κ3) is 21.9. The highest BCUT2D eigenvalue weighted by molar-refractivity contribution is 5.89. The molecule has 0 radical (unpaired) electrons. The quantitative estimate of drug-likeness (QED) is 0.0760. The van der Waals surface area contributed by atoms with Crippen LogP contribution < -0.4 is 0 Å². The molecule has 0 aromatic rings. The third-order valence-electron chi connectivity index (χ3n) is 31.6. The number of cyclic esters (lactones) is 3. The number of hydrogen-bond acceptors (Lipinski definition) is 32. The van der Waals surface area contributed by atoms with E-state index >= 15 is 0 Å². The monoisotopic (exact) mass is 1900 g/mol. The van der Waals surface area contributed by atoms with Crippen LogP contribution >= 0.6 is 0 Å². The minimum absolute atomic E-state index is 0. The number of esters is 15. The van der Waals surface area contributed by atoms with Crippen molar-refractivity contribution < 1.29 is 152 Å². The molecule has 0 aromatic carbocycles. The van der Waals surface area contributed by atoms with Crippen molar-refractivity contribution in [3.8, 4) is 0 Å². The van der Waals surface area contributed by atoms with E-state index in [9.17, 15) is 71.9 Å². The molecule has 18 aliphatic rings. The molecule has 0 N–H and O–H groups in total. The van der Waals surface area contributed by atoms with E-state index in [1.165, 1.54) is 21.3 Å². The van der Waals surface area contributed by atoms with Crippen molar-refractivity contribution in [1.82, 2.24) is 0 Å². The van der Waals surface area contributed by atoms with E-state index in [1.54, 1.807) is 27.7 Å². The molecule has 12 bridgehead atoms. The number of carbonyl (C=O) groups excluding carboxylic acids is 15. The zero-order chi connectivity index (χ0) is 88.1. The molecule has 8 saturated carbocycles. The second kappa shape index (κ2) is 47.8. The van der Waals surface area contributed by atoms with Crippen LogP contribution in [-0.2, 0) is 152 Å². The molecule has 10 aliphatic heterocycles. The molecule has 10 saturated heterocycles. The van der Waals surface area contributed by atoms with Gasteiger partial charge in [0.05, 0.1) is 105 Å². The lowest BCUT2D eigenvalue weighted by atomic mass is 9.74. The Kier molecular flexibility index (Phi) is 44.2. The Balaban J connectivity index is 0.000000785.